The van der Waals surface area contributed by atoms with Crippen LogP contribution >= 0.6 is 0 Å². The molecule has 0 unspecified atom stereocenters. The molecule has 0 N–H and O–H groups in total. The lowest BCUT2D eigenvalue weighted by Crippen LogP contribution is -2.48. The fourth-order valence-electron chi connectivity index (χ4n) is 3.75. The summed E-state index contributed by atoms with van der Waals surface area (Å²) in [4.78, 5) is 36.6. The van der Waals surface area contributed by atoms with Crippen molar-refractivity contribution in [3.05, 3.63) is 0 Å². The first-order chi connectivity index (χ1) is 8.28. The van der Waals surface area contributed by atoms with Crippen LogP contribution in [-0.2, 0) is 23.9 Å². The molecule has 5 nitrogen and oxygen atoms in total. The van der Waals surface area contributed by atoms with Crippen LogP contribution in [0.3, 0.4) is 0 Å². The van der Waals surface area contributed by atoms with Crippen LogP contribution in [0.15, 0.2) is 0 Å². The van der Waals surface area contributed by atoms with Crippen LogP contribution in [0.1, 0.15) is 33.1 Å². The highest BCUT2D eigenvalue weighted by Crippen LogP contribution is 2.68. The molecule has 2 saturated carbocycles. The van der Waals surface area contributed by atoms with E-state index in [1.807, 2.05) is 0 Å². The molecular formula is C13H18O5. The first-order valence-corrected chi connectivity index (χ1v) is 6.00. The van der Waals surface area contributed by atoms with Gasteiger partial charge in [-0.25, -0.2) is 0 Å². The van der Waals surface area contributed by atoms with Crippen molar-refractivity contribution in [3.8, 4) is 0 Å². The van der Waals surface area contributed by atoms with Gasteiger partial charge in [-0.15, -0.1) is 0 Å². The second-order valence-electron chi connectivity index (χ2n) is 5.78. The third-order valence-electron chi connectivity index (χ3n) is 4.93. The molecule has 5 heteroatoms. The van der Waals surface area contributed by atoms with Gasteiger partial charge in [0, 0.05) is 5.41 Å². The van der Waals surface area contributed by atoms with Gasteiger partial charge in [0.2, 0.25) is 0 Å². The first kappa shape index (κ1) is 13.1. The van der Waals surface area contributed by atoms with Crippen LogP contribution in [0.4, 0.5) is 0 Å². The minimum absolute atomic E-state index is 0.196. The summed E-state index contributed by atoms with van der Waals surface area (Å²) in [7, 11) is 2.59. The molecule has 2 atom stereocenters. The van der Waals surface area contributed by atoms with Crippen LogP contribution in [0.5, 0.6) is 0 Å². The quantitative estimate of drug-likeness (QED) is 0.545. The molecule has 2 rings (SSSR count). The van der Waals surface area contributed by atoms with E-state index < -0.39 is 28.2 Å². The summed E-state index contributed by atoms with van der Waals surface area (Å²) < 4.78 is 9.62. The normalized spacial score (nSPS) is 36.6. The lowest BCUT2D eigenvalue weighted by Gasteiger charge is -2.38. The number of Topliss-reactive ketones (excluding diaryl/α,β-unsaturated/α-hetero) is 1. The zero-order valence-electron chi connectivity index (χ0n) is 11.2. The second kappa shape index (κ2) is 3.56. The number of hydrogen-bond donors (Lipinski definition) is 0. The molecule has 0 saturated heterocycles. The summed E-state index contributed by atoms with van der Waals surface area (Å²) in [6, 6.07) is 0. The van der Waals surface area contributed by atoms with Crippen molar-refractivity contribution in [2.24, 2.45) is 16.2 Å². The van der Waals surface area contributed by atoms with Crippen molar-refractivity contribution >= 4 is 17.7 Å². The smallest absolute Gasteiger partial charge is 0.319 e. The van der Waals surface area contributed by atoms with Gasteiger partial charge in [-0.2, -0.15) is 0 Å². The number of ketones is 1. The minimum Gasteiger partial charge on any atom is -0.469 e. The topological polar surface area (TPSA) is 69.7 Å². The van der Waals surface area contributed by atoms with Crippen molar-refractivity contribution in [1.82, 2.24) is 0 Å². The number of fused-ring (bicyclic) bond motifs is 2. The summed E-state index contributed by atoms with van der Waals surface area (Å²) in [5, 5.41) is 0. The Labute approximate surface area is 106 Å². The predicted molar refractivity (Wildman–Crippen MR) is 61.5 cm³/mol. The van der Waals surface area contributed by atoms with Crippen LogP contribution < -0.4 is 0 Å². The Morgan fingerprint density at radius 3 is 2.11 bits per heavy atom. The lowest BCUT2D eigenvalue weighted by atomic mass is 9.63. The van der Waals surface area contributed by atoms with E-state index >= 15 is 0 Å². The molecule has 2 aliphatic carbocycles. The number of esters is 2. The van der Waals surface area contributed by atoms with Crippen LogP contribution in [-0.4, -0.2) is 31.9 Å². The van der Waals surface area contributed by atoms with Gasteiger partial charge in [-0.3, -0.25) is 14.4 Å². The second-order valence-corrected chi connectivity index (χ2v) is 5.78. The van der Waals surface area contributed by atoms with Crippen molar-refractivity contribution in [2.45, 2.75) is 33.1 Å². The SMILES string of the molecule is COC(=O)[C@@]12CC[C@](C(=O)OC)(C1)C(C)(C)C2=O. The standard InChI is InChI=1S/C13H18O5/c1-11(2)8(14)12(9(15)17-3)5-6-13(11,7-12)10(16)18-4/h5-7H2,1-4H3/t12-,13+/m0/s1. The van der Waals surface area contributed by atoms with Crippen molar-refractivity contribution in [3.63, 3.8) is 0 Å². The van der Waals surface area contributed by atoms with Crippen molar-refractivity contribution in [1.29, 1.82) is 0 Å². The maximum atomic E-state index is 12.5. The molecule has 2 bridgehead atoms. The van der Waals surface area contributed by atoms with Crippen LogP contribution in [0.25, 0.3) is 0 Å². The Hall–Kier alpha value is -1.39. The largest absolute Gasteiger partial charge is 0.469 e. The Morgan fingerprint density at radius 1 is 1.06 bits per heavy atom. The van der Waals surface area contributed by atoms with Gasteiger partial charge in [0.25, 0.3) is 0 Å². The molecule has 0 heterocycles. The van der Waals surface area contributed by atoms with Gasteiger partial charge < -0.3 is 9.47 Å². The average molecular weight is 254 g/mol. The van der Waals surface area contributed by atoms with E-state index in [0.29, 0.717) is 12.8 Å². The lowest BCUT2D eigenvalue weighted by molar-refractivity contribution is -0.165. The predicted octanol–water partition coefficient (Wildman–Crippen LogP) is 1.10. The Morgan fingerprint density at radius 2 is 1.61 bits per heavy atom. The highest BCUT2D eigenvalue weighted by atomic mass is 16.5. The summed E-state index contributed by atoms with van der Waals surface area (Å²) in [5.41, 5.74) is -2.91. The van der Waals surface area contributed by atoms with Gasteiger partial charge in [0.05, 0.1) is 19.6 Å². The molecular weight excluding hydrogens is 236 g/mol. The van der Waals surface area contributed by atoms with E-state index in [1.165, 1.54) is 14.2 Å². The maximum absolute atomic E-state index is 12.5. The summed E-state index contributed by atoms with van der Waals surface area (Å²) in [6.07, 6.45) is 1.08. The van der Waals surface area contributed by atoms with Gasteiger partial charge >= 0.3 is 11.9 Å². The van der Waals surface area contributed by atoms with Gasteiger partial charge in [-0.1, -0.05) is 13.8 Å². The van der Waals surface area contributed by atoms with Gasteiger partial charge in [-0.05, 0) is 19.3 Å². The number of methoxy groups -OCH3 is 2. The Kier molecular flexibility index (Phi) is 2.58. The highest BCUT2D eigenvalue weighted by Gasteiger charge is 2.76. The highest BCUT2D eigenvalue weighted by molar-refractivity contribution is 6.12. The zero-order chi connectivity index (χ0) is 13.8. The minimum atomic E-state index is -1.15. The molecule has 2 fully saturated rings. The number of rotatable bonds is 2. The molecule has 100 valence electrons. The van der Waals surface area contributed by atoms with Crippen LogP contribution in [0, 0.1) is 16.2 Å². The molecule has 2 aliphatic rings. The molecule has 0 spiro atoms. The van der Waals surface area contributed by atoms with E-state index in [9.17, 15) is 14.4 Å². The van der Waals surface area contributed by atoms with Crippen LogP contribution in [0.2, 0.25) is 0 Å². The maximum Gasteiger partial charge on any atom is 0.319 e. The van der Waals surface area contributed by atoms with E-state index in [4.69, 9.17) is 9.47 Å². The summed E-state index contributed by atoms with van der Waals surface area (Å²) in [5.74, 6) is -1.12. The molecule has 0 aromatic rings. The molecule has 0 aromatic heterocycles. The first-order valence-electron chi connectivity index (χ1n) is 6.00. The Balaban J connectivity index is 2.54. The average Bonchev–Trinajstić information content (AvgIpc) is 2.84. The molecule has 0 aliphatic heterocycles. The summed E-state index contributed by atoms with van der Waals surface area (Å²) >= 11 is 0. The van der Waals surface area contributed by atoms with Crippen molar-refractivity contribution in [2.75, 3.05) is 14.2 Å². The molecule has 0 amide bonds. The van der Waals surface area contributed by atoms with Crippen molar-refractivity contribution < 1.29 is 23.9 Å². The van der Waals surface area contributed by atoms with E-state index in [-0.39, 0.29) is 12.2 Å². The molecule has 0 aromatic carbocycles. The van der Waals surface area contributed by atoms with E-state index in [2.05, 4.69) is 0 Å². The molecule has 18 heavy (non-hydrogen) atoms. The van der Waals surface area contributed by atoms with Gasteiger partial charge in [0.15, 0.2) is 5.78 Å². The fourth-order valence-corrected chi connectivity index (χ4v) is 3.75. The van der Waals surface area contributed by atoms with E-state index in [0.717, 1.165) is 0 Å². The zero-order valence-corrected chi connectivity index (χ0v) is 11.2. The number of carbonyl (C=O) groups is 3. The third-order valence-corrected chi connectivity index (χ3v) is 4.93. The number of hydrogen-bond acceptors (Lipinski definition) is 5. The Bertz CT molecular complexity index is 439. The third kappa shape index (κ3) is 1.15. The summed E-state index contributed by atoms with van der Waals surface area (Å²) in [6.45, 7) is 3.44. The fraction of sp³-hybridized carbons (Fsp3) is 0.769. The molecule has 0 radical (unpaired) electrons. The van der Waals surface area contributed by atoms with E-state index in [1.54, 1.807) is 13.8 Å². The van der Waals surface area contributed by atoms with Gasteiger partial charge in [0.1, 0.15) is 5.41 Å². The number of ether oxygens (including phenoxy) is 2. The monoisotopic (exact) mass is 254 g/mol. The number of carbonyl (C=O) groups excluding carboxylic acids is 3.